The molecular weight excluding hydrogens is 240 g/mol. The van der Waals surface area contributed by atoms with E-state index in [9.17, 15) is 9.90 Å². The Morgan fingerprint density at radius 3 is 2.58 bits per heavy atom. The predicted octanol–water partition coefficient (Wildman–Crippen LogP) is 4.00. The predicted molar refractivity (Wildman–Crippen MR) is 79.0 cm³/mol. The van der Waals surface area contributed by atoms with Crippen LogP contribution in [0.5, 0.6) is 0 Å². The summed E-state index contributed by atoms with van der Waals surface area (Å²) >= 11 is 0. The molecule has 3 heteroatoms. The number of rotatable bonds is 12. The molecule has 0 saturated carbocycles. The van der Waals surface area contributed by atoms with Gasteiger partial charge in [0.1, 0.15) is 0 Å². The minimum Gasteiger partial charge on any atom is -0.465 e. The highest BCUT2D eigenvalue weighted by Gasteiger charge is 2.07. The Kier molecular flexibility index (Phi) is 13.0. The Morgan fingerprint density at radius 2 is 1.89 bits per heavy atom. The van der Waals surface area contributed by atoms with Crippen molar-refractivity contribution >= 4 is 5.97 Å². The first kappa shape index (κ1) is 18.2. The quantitative estimate of drug-likeness (QED) is 0.331. The van der Waals surface area contributed by atoms with Crippen LogP contribution in [-0.2, 0) is 9.53 Å². The van der Waals surface area contributed by atoms with Gasteiger partial charge in [0, 0.05) is 6.42 Å². The summed E-state index contributed by atoms with van der Waals surface area (Å²) in [5.41, 5.74) is 0. The largest absolute Gasteiger partial charge is 0.465 e. The lowest BCUT2D eigenvalue weighted by molar-refractivity contribution is -0.143. The van der Waals surface area contributed by atoms with Crippen LogP contribution in [0.25, 0.3) is 0 Å². The third-order valence-corrected chi connectivity index (χ3v) is 3.01. The molecule has 0 fully saturated rings. The first-order chi connectivity index (χ1) is 9.20. The van der Waals surface area contributed by atoms with Gasteiger partial charge in [0.2, 0.25) is 0 Å². The minimum absolute atomic E-state index is 0.148. The van der Waals surface area contributed by atoms with Crippen molar-refractivity contribution in [2.24, 2.45) is 0 Å². The van der Waals surface area contributed by atoms with Gasteiger partial charge in [0.25, 0.3) is 0 Å². The molecule has 0 rings (SSSR count). The summed E-state index contributed by atoms with van der Waals surface area (Å²) in [6, 6.07) is 0. The van der Waals surface area contributed by atoms with Crippen LogP contribution >= 0.6 is 0 Å². The molecule has 1 atom stereocenters. The summed E-state index contributed by atoms with van der Waals surface area (Å²) in [6.45, 7) is 4.70. The second-order valence-corrected chi connectivity index (χ2v) is 4.93. The van der Waals surface area contributed by atoms with Crippen molar-refractivity contribution in [1.29, 1.82) is 0 Å². The van der Waals surface area contributed by atoms with Crippen molar-refractivity contribution in [3.63, 3.8) is 0 Å². The Morgan fingerprint density at radius 1 is 1.16 bits per heavy atom. The Balaban J connectivity index is 3.39. The normalized spacial score (nSPS) is 12.8. The number of carbonyl (C=O) groups excluding carboxylic acids is 1. The molecule has 0 bridgehead atoms. The van der Waals surface area contributed by atoms with Crippen molar-refractivity contribution in [1.82, 2.24) is 0 Å². The van der Waals surface area contributed by atoms with Gasteiger partial charge < -0.3 is 9.84 Å². The average Bonchev–Trinajstić information content (AvgIpc) is 2.39. The molecule has 1 N–H and O–H groups in total. The van der Waals surface area contributed by atoms with Crippen LogP contribution in [0.3, 0.4) is 0 Å². The number of carbonyl (C=O) groups is 1. The lowest BCUT2D eigenvalue weighted by Crippen LogP contribution is -2.09. The molecule has 0 aromatic carbocycles. The molecule has 0 aliphatic heterocycles. The molecule has 0 amide bonds. The monoisotopic (exact) mass is 270 g/mol. The van der Waals surface area contributed by atoms with E-state index in [0.29, 0.717) is 19.4 Å². The van der Waals surface area contributed by atoms with Crippen molar-refractivity contribution in [3.05, 3.63) is 12.2 Å². The molecule has 112 valence electrons. The molecule has 0 heterocycles. The number of unbranched alkanes of at least 4 members (excludes halogenated alkanes) is 2. The zero-order chi connectivity index (χ0) is 14.3. The van der Waals surface area contributed by atoms with E-state index in [1.54, 1.807) is 0 Å². The second-order valence-electron chi connectivity index (χ2n) is 4.93. The highest BCUT2D eigenvalue weighted by molar-refractivity contribution is 5.69. The number of hydrogen-bond donors (Lipinski definition) is 1. The van der Waals surface area contributed by atoms with Crippen LogP contribution in [-0.4, -0.2) is 23.8 Å². The second kappa shape index (κ2) is 13.6. The summed E-state index contributed by atoms with van der Waals surface area (Å²) < 4.78 is 5.10. The van der Waals surface area contributed by atoms with Gasteiger partial charge in [-0.1, -0.05) is 45.3 Å². The number of aliphatic hydroxyl groups is 1. The van der Waals surface area contributed by atoms with Gasteiger partial charge in [-0.05, 0) is 32.1 Å². The van der Waals surface area contributed by atoms with E-state index in [-0.39, 0.29) is 12.1 Å². The number of ether oxygens (including phenoxy) is 1. The van der Waals surface area contributed by atoms with Crippen molar-refractivity contribution in [3.8, 4) is 0 Å². The van der Waals surface area contributed by atoms with Gasteiger partial charge in [-0.15, -0.1) is 0 Å². The molecule has 0 aliphatic carbocycles. The highest BCUT2D eigenvalue weighted by atomic mass is 16.5. The fraction of sp³-hybridized carbons (Fsp3) is 0.812. The van der Waals surface area contributed by atoms with Crippen LogP contribution in [0.4, 0.5) is 0 Å². The molecule has 0 saturated heterocycles. The zero-order valence-corrected chi connectivity index (χ0v) is 12.6. The highest BCUT2D eigenvalue weighted by Crippen LogP contribution is 2.10. The van der Waals surface area contributed by atoms with Gasteiger partial charge in [-0.3, -0.25) is 4.79 Å². The van der Waals surface area contributed by atoms with E-state index in [0.717, 1.165) is 32.1 Å². The lowest BCUT2D eigenvalue weighted by Gasteiger charge is -2.09. The van der Waals surface area contributed by atoms with Gasteiger partial charge >= 0.3 is 5.97 Å². The molecule has 19 heavy (non-hydrogen) atoms. The van der Waals surface area contributed by atoms with E-state index in [2.05, 4.69) is 19.9 Å². The van der Waals surface area contributed by atoms with E-state index in [4.69, 9.17) is 4.74 Å². The minimum atomic E-state index is -0.258. The maximum absolute atomic E-state index is 11.4. The average molecular weight is 270 g/mol. The van der Waals surface area contributed by atoms with Crippen molar-refractivity contribution < 1.29 is 14.6 Å². The fourth-order valence-electron chi connectivity index (χ4n) is 1.85. The van der Waals surface area contributed by atoms with Crippen LogP contribution in [0.1, 0.15) is 71.6 Å². The Bertz CT molecular complexity index is 236. The molecule has 1 unspecified atom stereocenters. The van der Waals surface area contributed by atoms with Crippen LogP contribution in [0.15, 0.2) is 12.2 Å². The summed E-state index contributed by atoms with van der Waals surface area (Å²) in [4.78, 5) is 11.4. The number of allylic oxidation sites excluding steroid dienone is 1. The van der Waals surface area contributed by atoms with E-state index in [1.807, 2.05) is 6.08 Å². The van der Waals surface area contributed by atoms with Gasteiger partial charge in [-0.25, -0.2) is 0 Å². The molecule has 0 aromatic heterocycles. The third-order valence-electron chi connectivity index (χ3n) is 3.01. The van der Waals surface area contributed by atoms with Gasteiger partial charge in [-0.2, -0.15) is 0 Å². The zero-order valence-electron chi connectivity index (χ0n) is 12.6. The van der Waals surface area contributed by atoms with Crippen LogP contribution in [0.2, 0.25) is 0 Å². The van der Waals surface area contributed by atoms with Crippen LogP contribution in [0, 0.1) is 0 Å². The topological polar surface area (TPSA) is 46.5 Å². The summed E-state index contributed by atoms with van der Waals surface area (Å²) in [7, 11) is 0. The first-order valence-electron chi connectivity index (χ1n) is 7.69. The molecular formula is C16H30O3. The Labute approximate surface area is 118 Å². The molecule has 0 aromatic rings. The summed E-state index contributed by atoms with van der Waals surface area (Å²) in [5, 5.41) is 9.70. The number of hydrogen-bond acceptors (Lipinski definition) is 3. The fourth-order valence-corrected chi connectivity index (χ4v) is 1.85. The lowest BCUT2D eigenvalue weighted by atomic mass is 10.1. The van der Waals surface area contributed by atoms with Gasteiger partial charge in [0.15, 0.2) is 0 Å². The van der Waals surface area contributed by atoms with Crippen molar-refractivity contribution in [2.75, 3.05) is 6.61 Å². The van der Waals surface area contributed by atoms with Crippen LogP contribution < -0.4 is 0 Å². The summed E-state index contributed by atoms with van der Waals surface area (Å²) in [5.74, 6) is -0.148. The molecule has 0 aliphatic rings. The maximum atomic E-state index is 11.4. The molecule has 3 nitrogen and oxygen atoms in total. The van der Waals surface area contributed by atoms with E-state index >= 15 is 0 Å². The molecule has 0 radical (unpaired) electrons. The van der Waals surface area contributed by atoms with E-state index < -0.39 is 0 Å². The van der Waals surface area contributed by atoms with Gasteiger partial charge in [0.05, 0.1) is 12.7 Å². The Hall–Kier alpha value is -0.830. The number of aliphatic hydroxyl groups excluding tert-OH is 1. The first-order valence-corrected chi connectivity index (χ1v) is 7.69. The third kappa shape index (κ3) is 13.4. The smallest absolute Gasteiger partial charge is 0.305 e. The van der Waals surface area contributed by atoms with Crippen molar-refractivity contribution in [2.45, 2.75) is 77.7 Å². The van der Waals surface area contributed by atoms with E-state index in [1.165, 1.54) is 12.8 Å². The number of esters is 1. The standard InChI is InChI=1S/C16H30O3/c1-3-5-7-9-14-19-16(18)13-10-12-15(17)11-8-6-4-2/h5,7,15,17H,3-4,6,8-14H2,1-2H3/b7-5-. The SMILES string of the molecule is CC/C=C\CCOC(=O)CCCC(O)CCCCC. The molecule has 0 spiro atoms. The summed E-state index contributed by atoms with van der Waals surface area (Å²) in [6.07, 6.45) is 11.8. The maximum Gasteiger partial charge on any atom is 0.305 e.